The number of carbonyl (C=O) groups is 3. The summed E-state index contributed by atoms with van der Waals surface area (Å²) in [5.74, 6) is -2.01. The minimum Gasteiger partial charge on any atom is -0.668 e. The second-order valence-electron chi connectivity index (χ2n) is 5.99. The maximum Gasteiger partial charge on any atom is 0.317 e. The molecule has 0 saturated heterocycles. The van der Waals surface area contributed by atoms with E-state index in [1.807, 2.05) is 0 Å². The van der Waals surface area contributed by atoms with Gasteiger partial charge in [0.2, 0.25) is 0 Å². The first-order valence-corrected chi connectivity index (χ1v) is 9.84. The van der Waals surface area contributed by atoms with Gasteiger partial charge in [-0.1, -0.05) is 58.3 Å². The Hall–Kier alpha value is -1.63. The molecule has 0 saturated carbocycles. The SMILES string of the molecule is CCCCCCCCCCCOC(C)=O.CCOC(=O)CC(=O)O.C[N-]C. The number of unbranched alkanes of at least 4 members (excludes halogenated alkanes) is 8. The van der Waals surface area contributed by atoms with Crippen LogP contribution in [0.15, 0.2) is 0 Å². The molecule has 0 aliphatic rings. The third-order valence-corrected chi connectivity index (χ3v) is 3.15. The summed E-state index contributed by atoms with van der Waals surface area (Å²) in [5, 5.41) is 11.5. The van der Waals surface area contributed by atoms with Gasteiger partial charge in [0, 0.05) is 6.92 Å². The quantitative estimate of drug-likeness (QED) is 0.277. The predicted octanol–water partition coefficient (Wildman–Crippen LogP) is 4.72. The van der Waals surface area contributed by atoms with Gasteiger partial charge in [0.05, 0.1) is 13.2 Å². The van der Waals surface area contributed by atoms with Gasteiger partial charge in [0.25, 0.3) is 0 Å². The molecular weight excluding hydrogens is 350 g/mol. The van der Waals surface area contributed by atoms with E-state index >= 15 is 0 Å². The maximum atomic E-state index is 10.5. The highest BCUT2D eigenvalue weighted by Crippen LogP contribution is 2.09. The fraction of sp³-hybridized carbons (Fsp3) is 0.850. The van der Waals surface area contributed by atoms with Crippen molar-refractivity contribution < 1.29 is 29.0 Å². The lowest BCUT2D eigenvalue weighted by Crippen LogP contribution is -2.09. The van der Waals surface area contributed by atoms with E-state index in [2.05, 4.69) is 17.0 Å². The Kier molecular flexibility index (Phi) is 29.7. The lowest BCUT2D eigenvalue weighted by atomic mass is 10.1. The summed E-state index contributed by atoms with van der Waals surface area (Å²) in [6, 6.07) is 0. The highest BCUT2D eigenvalue weighted by molar-refractivity contribution is 5.90. The van der Waals surface area contributed by atoms with Crippen molar-refractivity contribution in [1.82, 2.24) is 0 Å². The molecule has 0 heterocycles. The third-order valence-electron chi connectivity index (χ3n) is 3.15. The fourth-order valence-corrected chi connectivity index (χ4v) is 1.96. The monoisotopic (exact) mass is 390 g/mol. The lowest BCUT2D eigenvalue weighted by molar-refractivity contribution is -0.151. The van der Waals surface area contributed by atoms with Crippen molar-refractivity contribution in [1.29, 1.82) is 0 Å². The van der Waals surface area contributed by atoms with Gasteiger partial charge in [-0.2, -0.15) is 14.1 Å². The number of rotatable bonds is 13. The summed E-state index contributed by atoms with van der Waals surface area (Å²) in [4.78, 5) is 30.5. The van der Waals surface area contributed by atoms with Gasteiger partial charge in [-0.3, -0.25) is 14.4 Å². The number of carboxylic acid groups (broad SMARTS) is 1. The molecule has 0 fully saturated rings. The average Bonchev–Trinajstić information content (AvgIpc) is 2.57. The molecule has 7 heteroatoms. The van der Waals surface area contributed by atoms with Gasteiger partial charge >= 0.3 is 17.9 Å². The summed E-state index contributed by atoms with van der Waals surface area (Å²) in [5.41, 5.74) is 0. The minimum absolute atomic E-state index is 0.158. The average molecular weight is 391 g/mol. The summed E-state index contributed by atoms with van der Waals surface area (Å²) >= 11 is 0. The van der Waals surface area contributed by atoms with Crippen LogP contribution in [-0.2, 0) is 23.9 Å². The topological polar surface area (TPSA) is 104 Å². The van der Waals surface area contributed by atoms with Crippen LogP contribution in [0.4, 0.5) is 0 Å². The smallest absolute Gasteiger partial charge is 0.317 e. The highest BCUT2D eigenvalue weighted by atomic mass is 16.5. The molecule has 0 atom stereocenters. The molecule has 162 valence electrons. The fourth-order valence-electron chi connectivity index (χ4n) is 1.96. The Bertz CT molecular complexity index is 347. The highest BCUT2D eigenvalue weighted by Gasteiger charge is 2.06. The number of carbonyl (C=O) groups excluding carboxylic acids is 2. The number of hydrogen-bond donors (Lipinski definition) is 1. The molecule has 0 aromatic carbocycles. The molecule has 0 aromatic rings. The first-order chi connectivity index (χ1) is 12.8. The minimum atomic E-state index is -1.16. The van der Waals surface area contributed by atoms with Crippen LogP contribution in [0.2, 0.25) is 0 Å². The number of aliphatic carboxylic acids is 1. The van der Waals surface area contributed by atoms with E-state index < -0.39 is 18.4 Å². The number of nitrogens with zero attached hydrogens (tertiary/aromatic N) is 1. The molecule has 0 aliphatic heterocycles. The Morgan fingerprint density at radius 1 is 0.815 bits per heavy atom. The second kappa shape index (κ2) is 26.6. The van der Waals surface area contributed by atoms with Crippen LogP contribution >= 0.6 is 0 Å². The van der Waals surface area contributed by atoms with Crippen molar-refractivity contribution in [3.63, 3.8) is 0 Å². The standard InChI is InChI=1S/C13H26O2.C5H8O4.C2H6N/c1-3-4-5-6-7-8-9-10-11-12-15-13(2)14;1-2-9-5(8)3-4(6)7;1-3-2/h3-12H2,1-2H3;2-3H2,1H3,(H,6,7);1-2H3/q;;-1. The van der Waals surface area contributed by atoms with E-state index in [1.165, 1.54) is 58.3 Å². The van der Waals surface area contributed by atoms with E-state index in [4.69, 9.17) is 9.84 Å². The van der Waals surface area contributed by atoms with Gasteiger partial charge in [-0.25, -0.2) is 0 Å². The normalized spacial score (nSPS) is 9.22. The van der Waals surface area contributed by atoms with Crippen LogP contribution in [0, 0.1) is 0 Å². The van der Waals surface area contributed by atoms with Crippen LogP contribution in [0.5, 0.6) is 0 Å². The first-order valence-electron chi connectivity index (χ1n) is 9.84. The van der Waals surface area contributed by atoms with Gasteiger partial charge < -0.3 is 19.9 Å². The van der Waals surface area contributed by atoms with E-state index in [0.29, 0.717) is 6.61 Å². The molecule has 0 bridgehead atoms. The zero-order chi connectivity index (χ0) is 21.3. The largest absolute Gasteiger partial charge is 0.668 e. The Morgan fingerprint density at radius 3 is 1.63 bits per heavy atom. The Labute approximate surface area is 165 Å². The van der Waals surface area contributed by atoms with Gasteiger partial charge in [-0.15, -0.1) is 0 Å². The summed E-state index contributed by atoms with van der Waals surface area (Å²) in [7, 11) is 3.50. The van der Waals surface area contributed by atoms with Crippen molar-refractivity contribution in [2.75, 3.05) is 27.3 Å². The van der Waals surface area contributed by atoms with Crippen LogP contribution in [0.1, 0.15) is 85.0 Å². The van der Waals surface area contributed by atoms with E-state index in [9.17, 15) is 14.4 Å². The third kappa shape index (κ3) is 40.4. The summed E-state index contributed by atoms with van der Waals surface area (Å²) < 4.78 is 9.20. The molecule has 0 rings (SSSR count). The van der Waals surface area contributed by atoms with Crippen molar-refractivity contribution in [2.24, 2.45) is 0 Å². The van der Waals surface area contributed by atoms with E-state index in [-0.39, 0.29) is 12.6 Å². The van der Waals surface area contributed by atoms with Crippen LogP contribution in [0.3, 0.4) is 0 Å². The van der Waals surface area contributed by atoms with Crippen LogP contribution in [0.25, 0.3) is 5.32 Å². The van der Waals surface area contributed by atoms with Crippen molar-refractivity contribution in [3.05, 3.63) is 5.32 Å². The Balaban J connectivity index is -0.000000407. The first kappa shape index (κ1) is 30.1. The second-order valence-corrected chi connectivity index (χ2v) is 5.99. The molecule has 0 spiro atoms. The number of hydrogen-bond acceptors (Lipinski definition) is 5. The lowest BCUT2D eigenvalue weighted by Gasteiger charge is -2.02. The molecule has 0 unspecified atom stereocenters. The van der Waals surface area contributed by atoms with E-state index in [1.54, 1.807) is 21.0 Å². The molecule has 27 heavy (non-hydrogen) atoms. The maximum absolute atomic E-state index is 10.5. The number of ether oxygens (including phenoxy) is 2. The van der Waals surface area contributed by atoms with Gasteiger partial charge in [0.15, 0.2) is 0 Å². The van der Waals surface area contributed by atoms with Gasteiger partial charge in [0.1, 0.15) is 6.42 Å². The van der Waals surface area contributed by atoms with E-state index in [0.717, 1.165) is 6.42 Å². The van der Waals surface area contributed by atoms with Crippen molar-refractivity contribution >= 4 is 17.9 Å². The number of esters is 2. The molecular formula is C20H40NO6-. The molecule has 0 radical (unpaired) electrons. The molecule has 0 aliphatic carbocycles. The predicted molar refractivity (Wildman–Crippen MR) is 108 cm³/mol. The molecule has 7 nitrogen and oxygen atoms in total. The van der Waals surface area contributed by atoms with Crippen LogP contribution in [-0.4, -0.2) is 50.3 Å². The Morgan fingerprint density at radius 2 is 1.26 bits per heavy atom. The molecule has 0 aromatic heterocycles. The summed E-state index contributed by atoms with van der Waals surface area (Å²) in [6.45, 7) is 6.17. The number of carboxylic acids is 1. The van der Waals surface area contributed by atoms with Crippen LogP contribution < -0.4 is 0 Å². The molecule has 0 amide bonds. The van der Waals surface area contributed by atoms with Crippen molar-refractivity contribution in [2.45, 2.75) is 85.0 Å². The zero-order valence-corrected chi connectivity index (χ0v) is 17.9. The van der Waals surface area contributed by atoms with Crippen molar-refractivity contribution in [3.8, 4) is 0 Å². The summed E-state index contributed by atoms with van der Waals surface area (Å²) in [6.07, 6.45) is 11.1. The zero-order valence-electron chi connectivity index (χ0n) is 17.9. The molecule has 1 N–H and O–H groups in total. The van der Waals surface area contributed by atoms with Gasteiger partial charge in [-0.05, 0) is 13.3 Å².